The molecular weight excluding hydrogens is 868 g/mol. The number of rotatable bonds is 10. The average Bonchev–Trinajstić information content (AvgIpc) is 3.12. The molecule has 58 heavy (non-hydrogen) atoms. The predicted molar refractivity (Wildman–Crippen MR) is 202 cm³/mol. The van der Waals surface area contributed by atoms with Crippen molar-refractivity contribution in [2.24, 2.45) is 20.5 Å². The van der Waals surface area contributed by atoms with E-state index < -0.39 is 82.9 Å². The van der Waals surface area contributed by atoms with Gasteiger partial charge in [-0.1, -0.05) is 24.3 Å². The molecule has 0 spiro atoms. The van der Waals surface area contributed by atoms with Crippen molar-refractivity contribution in [3.05, 3.63) is 96.3 Å². The van der Waals surface area contributed by atoms with Crippen LogP contribution in [0.2, 0.25) is 0 Å². The van der Waals surface area contributed by atoms with Gasteiger partial charge in [0.05, 0.1) is 11.4 Å². The van der Waals surface area contributed by atoms with Crippen LogP contribution < -0.4 is 29.6 Å². The second kappa shape index (κ2) is 17.5. The number of benzene rings is 4. The standard InChI is InChI=1S/C32H22N6O14S4.Mg.Na/c39-31-23(15-27(55(47,48)49)21-3-1-11-33-29(21)31)37-35-19-9-7-17(25(13-19)53(41,42)43)5-6-18-8-10-20(14-26(18)54(44,45)46)36-38-24-16-28(56(50,51)52)22-4-2-12-34-30(22)32(24)40;;/h1-16,39-40H,(H,41,42,43)(H,44,45,46)(H,47,48,49)(H,50,51,52);;/q;+2;+1/b6-5+,37-35?,38-36?;;. The molecule has 4 aromatic carbocycles. The Morgan fingerprint density at radius 1 is 0.483 bits per heavy atom. The summed E-state index contributed by atoms with van der Waals surface area (Å²) in [5.41, 5.74) is -2.37. The summed E-state index contributed by atoms with van der Waals surface area (Å²) in [4.78, 5) is 4.97. The first kappa shape index (κ1) is 46.3. The van der Waals surface area contributed by atoms with Crippen LogP contribution in [0.25, 0.3) is 34.0 Å². The number of aromatic hydroxyl groups is 2. The van der Waals surface area contributed by atoms with Crippen LogP contribution in [0.3, 0.4) is 0 Å². The van der Waals surface area contributed by atoms with Gasteiger partial charge in [0.15, 0.2) is 11.5 Å². The van der Waals surface area contributed by atoms with Gasteiger partial charge in [0.2, 0.25) is 0 Å². The van der Waals surface area contributed by atoms with Crippen LogP contribution in [0.4, 0.5) is 22.7 Å². The van der Waals surface area contributed by atoms with Crippen molar-refractivity contribution >= 4 is 120 Å². The van der Waals surface area contributed by atoms with E-state index in [9.17, 15) is 62.1 Å². The summed E-state index contributed by atoms with van der Waals surface area (Å²) in [5, 5.41) is 36.1. The van der Waals surface area contributed by atoms with E-state index >= 15 is 0 Å². The minimum absolute atomic E-state index is 0. The van der Waals surface area contributed by atoms with Gasteiger partial charge in [-0.2, -0.15) is 43.9 Å². The van der Waals surface area contributed by atoms with E-state index in [0.717, 1.165) is 48.6 Å². The quantitative estimate of drug-likeness (QED) is 0.0498. The molecule has 0 atom stereocenters. The number of phenols is 2. The van der Waals surface area contributed by atoms with E-state index in [0.29, 0.717) is 0 Å². The molecule has 0 saturated carbocycles. The van der Waals surface area contributed by atoms with Gasteiger partial charge >= 0.3 is 52.6 Å². The normalized spacial score (nSPS) is 12.7. The fourth-order valence-corrected chi connectivity index (χ4v) is 8.06. The molecule has 0 saturated heterocycles. The number of phenolic OH excluding ortho intramolecular Hbond substituents is 2. The molecule has 0 fully saturated rings. The van der Waals surface area contributed by atoms with Crippen LogP contribution in [0.1, 0.15) is 11.1 Å². The van der Waals surface area contributed by atoms with Gasteiger partial charge in [-0.3, -0.25) is 28.2 Å². The summed E-state index contributed by atoms with van der Waals surface area (Å²) in [5.74, 6) is -1.24. The number of hydrogen-bond acceptors (Lipinski definition) is 16. The van der Waals surface area contributed by atoms with Gasteiger partial charge in [0.25, 0.3) is 40.5 Å². The van der Waals surface area contributed by atoms with Gasteiger partial charge < -0.3 is 10.2 Å². The molecule has 0 unspecified atom stereocenters. The molecule has 2 aromatic heterocycles. The molecule has 6 N–H and O–H groups in total. The van der Waals surface area contributed by atoms with Crippen molar-refractivity contribution in [2.75, 3.05) is 0 Å². The molecule has 288 valence electrons. The van der Waals surface area contributed by atoms with Crippen molar-refractivity contribution in [1.29, 1.82) is 0 Å². The van der Waals surface area contributed by atoms with E-state index in [1.54, 1.807) is 0 Å². The summed E-state index contributed by atoms with van der Waals surface area (Å²) >= 11 is 0. The van der Waals surface area contributed by atoms with E-state index in [2.05, 4.69) is 30.4 Å². The summed E-state index contributed by atoms with van der Waals surface area (Å²) in [6, 6.07) is 13.2. The topological polar surface area (TPSA) is 333 Å². The maximum atomic E-state index is 12.4. The Labute approximate surface area is 366 Å². The number of fused-ring (bicyclic) bond motifs is 2. The third-order valence-electron chi connectivity index (χ3n) is 7.71. The zero-order chi connectivity index (χ0) is 40.8. The third-order valence-corrected chi connectivity index (χ3v) is 11.3. The molecule has 0 aliphatic heterocycles. The number of aromatic nitrogens is 2. The Morgan fingerprint density at radius 3 is 1.16 bits per heavy atom. The third kappa shape index (κ3) is 10.1. The molecule has 0 amide bonds. The molecule has 0 bridgehead atoms. The largest absolute Gasteiger partial charge is 2.00 e. The zero-order valence-corrected chi connectivity index (χ0v) is 35.9. The van der Waals surface area contributed by atoms with Gasteiger partial charge in [0, 0.05) is 23.2 Å². The van der Waals surface area contributed by atoms with Crippen molar-refractivity contribution in [2.45, 2.75) is 19.6 Å². The summed E-state index contributed by atoms with van der Waals surface area (Å²) in [6.07, 6.45) is 4.60. The maximum Gasteiger partial charge on any atom is 2.00 e. The average molecular weight is 890 g/mol. The summed E-state index contributed by atoms with van der Waals surface area (Å²) < 4.78 is 137. The first-order valence-corrected chi connectivity index (χ1v) is 20.8. The fourth-order valence-electron chi connectivity index (χ4n) is 5.24. The second-order valence-corrected chi connectivity index (χ2v) is 16.9. The number of pyridine rings is 2. The van der Waals surface area contributed by atoms with Crippen molar-refractivity contribution in [3.63, 3.8) is 0 Å². The fraction of sp³-hybridized carbons (Fsp3) is 0. The van der Waals surface area contributed by atoms with Gasteiger partial charge in [-0.05, 0) is 71.8 Å². The smallest absolute Gasteiger partial charge is 0.504 e. The van der Waals surface area contributed by atoms with E-state index in [-0.39, 0.29) is 96.9 Å². The monoisotopic (exact) mass is 889 g/mol. The SMILES string of the molecule is O=S(=O)(O)c1cc(N=Nc2cc(S(=O)(=O)O)c3cccnc3c2O)ccc1/C=C/c1ccc(N=Nc2cc(S(=O)(=O)O)c3cccnc3c2O)cc1S(=O)(=O)O.[Mg+2].[Na+]. The molecule has 20 nitrogen and oxygen atoms in total. The Bertz CT molecular complexity index is 2970. The molecule has 2 heterocycles. The molecule has 6 aromatic rings. The van der Waals surface area contributed by atoms with Crippen molar-refractivity contribution in [3.8, 4) is 11.5 Å². The zero-order valence-electron chi connectivity index (χ0n) is 29.2. The number of hydrogen-bond donors (Lipinski definition) is 6. The minimum Gasteiger partial charge on any atom is -0.504 e. The van der Waals surface area contributed by atoms with E-state index in [4.69, 9.17) is 0 Å². The Balaban J connectivity index is 0.00000372. The van der Waals surface area contributed by atoms with Crippen LogP contribution in [0.5, 0.6) is 11.5 Å². The molecular formula is C32H22MgN6NaO14S4+3. The van der Waals surface area contributed by atoms with E-state index in [1.807, 2.05) is 0 Å². The molecule has 6 rings (SSSR count). The number of azo groups is 2. The summed E-state index contributed by atoms with van der Waals surface area (Å²) in [6.45, 7) is 0. The van der Waals surface area contributed by atoms with Gasteiger partial charge in [0.1, 0.15) is 42.0 Å². The molecule has 26 heteroatoms. The van der Waals surface area contributed by atoms with Crippen LogP contribution in [-0.4, -0.2) is 95.1 Å². The van der Waals surface area contributed by atoms with Crippen LogP contribution in [0.15, 0.2) is 125 Å². The number of nitrogens with zero attached hydrogens (tertiary/aromatic N) is 6. The molecule has 0 aliphatic carbocycles. The summed E-state index contributed by atoms with van der Waals surface area (Å²) in [7, 11) is -19.7. The Kier molecular flexibility index (Phi) is 14.0. The maximum absolute atomic E-state index is 12.4. The van der Waals surface area contributed by atoms with Crippen LogP contribution in [-0.2, 0) is 40.5 Å². The predicted octanol–water partition coefficient (Wildman–Crippen LogP) is 2.81. The van der Waals surface area contributed by atoms with Crippen molar-refractivity contribution in [1.82, 2.24) is 9.97 Å². The minimum atomic E-state index is -5.01. The first-order chi connectivity index (χ1) is 26.1. The van der Waals surface area contributed by atoms with Crippen molar-refractivity contribution < 1.29 is 91.7 Å². The van der Waals surface area contributed by atoms with E-state index in [1.165, 1.54) is 48.8 Å². The van der Waals surface area contributed by atoms with Crippen LogP contribution >= 0.6 is 0 Å². The van der Waals surface area contributed by atoms with Crippen LogP contribution in [0, 0.1) is 0 Å². The van der Waals surface area contributed by atoms with Gasteiger partial charge in [-0.25, -0.2) is 0 Å². The Hall–Kier alpha value is -4.35. The van der Waals surface area contributed by atoms with Gasteiger partial charge in [-0.15, -0.1) is 10.2 Å². The molecule has 0 aliphatic rings. The second-order valence-electron chi connectivity index (χ2n) is 11.4. The first-order valence-electron chi connectivity index (χ1n) is 15.0. The molecule has 0 radical (unpaired) electrons. The Morgan fingerprint density at radius 2 is 0.828 bits per heavy atom.